The summed E-state index contributed by atoms with van der Waals surface area (Å²) < 4.78 is 9.27. The van der Waals surface area contributed by atoms with Crippen molar-refractivity contribution in [3.05, 3.63) is 12.2 Å². The van der Waals surface area contributed by atoms with Gasteiger partial charge in [0.1, 0.15) is 6.61 Å². The monoisotopic (exact) mass is 312 g/mol. The van der Waals surface area contributed by atoms with Crippen LogP contribution in [0.4, 0.5) is 4.79 Å². The Morgan fingerprint density at radius 3 is 2.41 bits per heavy atom. The molecule has 1 fully saturated rings. The largest absolute Gasteiger partial charge is 0.466 e. The van der Waals surface area contributed by atoms with Crippen LogP contribution in [0.3, 0.4) is 0 Å². The molecule has 0 radical (unpaired) electrons. The van der Waals surface area contributed by atoms with Gasteiger partial charge in [-0.15, -0.1) is 0 Å². The van der Waals surface area contributed by atoms with Crippen LogP contribution in [0.2, 0.25) is 0 Å². The number of carbonyl (C=O) groups excluding carboxylic acids is 3. The van der Waals surface area contributed by atoms with Gasteiger partial charge in [0, 0.05) is 18.2 Å². The zero-order valence-electron chi connectivity index (χ0n) is 13.1. The molecule has 124 valence electrons. The van der Waals surface area contributed by atoms with Crippen molar-refractivity contribution in [2.75, 3.05) is 13.7 Å². The van der Waals surface area contributed by atoms with Crippen LogP contribution < -0.4 is 10.6 Å². The summed E-state index contributed by atoms with van der Waals surface area (Å²) in [6.07, 6.45) is 7.50. The number of methoxy groups -OCH3 is 1. The van der Waals surface area contributed by atoms with Crippen LogP contribution >= 0.6 is 0 Å². The summed E-state index contributed by atoms with van der Waals surface area (Å²) >= 11 is 0. The molecule has 0 spiro atoms. The van der Waals surface area contributed by atoms with Crippen molar-refractivity contribution in [2.45, 2.75) is 51.1 Å². The van der Waals surface area contributed by atoms with Gasteiger partial charge < -0.3 is 20.1 Å². The Morgan fingerprint density at radius 2 is 1.77 bits per heavy atom. The Bertz CT molecular complexity index is 416. The maximum absolute atomic E-state index is 11.8. The lowest BCUT2D eigenvalue weighted by atomic mass is 9.96. The molecule has 2 N–H and O–H groups in total. The van der Waals surface area contributed by atoms with Gasteiger partial charge in [0.05, 0.1) is 13.2 Å². The maximum atomic E-state index is 11.8. The van der Waals surface area contributed by atoms with Gasteiger partial charge in [0.2, 0.25) is 0 Å². The molecule has 22 heavy (non-hydrogen) atoms. The number of ether oxygens (including phenoxy) is 2. The first-order valence-corrected chi connectivity index (χ1v) is 7.51. The van der Waals surface area contributed by atoms with E-state index in [-0.39, 0.29) is 24.7 Å². The van der Waals surface area contributed by atoms with E-state index < -0.39 is 11.9 Å². The van der Waals surface area contributed by atoms with E-state index in [1.807, 2.05) is 0 Å². The zero-order valence-corrected chi connectivity index (χ0v) is 13.1. The van der Waals surface area contributed by atoms with Crippen molar-refractivity contribution < 1.29 is 23.9 Å². The van der Waals surface area contributed by atoms with Crippen LogP contribution in [-0.4, -0.2) is 43.8 Å². The summed E-state index contributed by atoms with van der Waals surface area (Å²) in [5.41, 5.74) is 0. The predicted molar refractivity (Wildman–Crippen MR) is 80.1 cm³/mol. The summed E-state index contributed by atoms with van der Waals surface area (Å²) in [5, 5.41) is 5.63. The highest BCUT2D eigenvalue weighted by Gasteiger charge is 2.16. The van der Waals surface area contributed by atoms with Crippen LogP contribution in [0.25, 0.3) is 0 Å². The first-order chi connectivity index (χ1) is 10.5. The second-order valence-electron chi connectivity index (χ2n) is 5.34. The van der Waals surface area contributed by atoms with Gasteiger partial charge in [-0.2, -0.15) is 0 Å². The lowest BCUT2D eigenvalue weighted by Crippen LogP contribution is -2.47. The summed E-state index contributed by atoms with van der Waals surface area (Å²) in [6, 6.07) is -0.342. The molecular weight excluding hydrogens is 288 g/mol. The fourth-order valence-corrected chi connectivity index (χ4v) is 2.20. The van der Waals surface area contributed by atoms with Gasteiger partial charge in [0.25, 0.3) is 0 Å². The molecule has 1 atom stereocenters. The molecule has 2 amide bonds. The van der Waals surface area contributed by atoms with Gasteiger partial charge in [0.15, 0.2) is 0 Å². The molecule has 7 heteroatoms. The number of carbonyl (C=O) groups is 3. The molecule has 0 heterocycles. The number of hydrogen-bond donors (Lipinski definition) is 2. The standard InChI is InChI=1S/C15H24N2O5/c1-11(10-22-14(19)9-8-13(18)21-2)16-15(20)17-12-6-4-3-5-7-12/h8-9,11-12H,3-7,10H2,1-2H3,(H2,16,17,20)/b9-8+/t11-/m1/s1. The molecule has 1 aliphatic carbocycles. The van der Waals surface area contributed by atoms with E-state index in [2.05, 4.69) is 15.4 Å². The summed E-state index contributed by atoms with van der Waals surface area (Å²) in [4.78, 5) is 33.9. The smallest absolute Gasteiger partial charge is 0.331 e. The Hall–Kier alpha value is -2.05. The molecule has 0 aromatic rings. The minimum Gasteiger partial charge on any atom is -0.466 e. The second-order valence-corrected chi connectivity index (χ2v) is 5.34. The molecule has 0 bridgehead atoms. The molecule has 0 unspecified atom stereocenters. The molecule has 1 saturated carbocycles. The lowest BCUT2D eigenvalue weighted by Gasteiger charge is -2.24. The van der Waals surface area contributed by atoms with Crippen molar-refractivity contribution in [1.29, 1.82) is 0 Å². The van der Waals surface area contributed by atoms with Crippen molar-refractivity contribution in [3.8, 4) is 0 Å². The van der Waals surface area contributed by atoms with E-state index in [9.17, 15) is 14.4 Å². The van der Waals surface area contributed by atoms with E-state index in [0.717, 1.165) is 37.8 Å². The van der Waals surface area contributed by atoms with E-state index in [4.69, 9.17) is 4.74 Å². The fraction of sp³-hybridized carbons (Fsp3) is 0.667. The van der Waals surface area contributed by atoms with Crippen LogP contribution in [0.1, 0.15) is 39.0 Å². The maximum Gasteiger partial charge on any atom is 0.331 e. The minimum absolute atomic E-state index is 0.0302. The first-order valence-electron chi connectivity index (χ1n) is 7.51. The zero-order chi connectivity index (χ0) is 16.4. The SMILES string of the molecule is COC(=O)/C=C/C(=O)OC[C@@H](C)NC(=O)NC1CCCCC1. The normalized spacial score (nSPS) is 16.8. The van der Waals surface area contributed by atoms with Crippen molar-refractivity contribution in [2.24, 2.45) is 0 Å². The summed E-state index contributed by atoms with van der Waals surface area (Å²) in [5.74, 6) is -1.29. The highest BCUT2D eigenvalue weighted by molar-refractivity contribution is 5.91. The topological polar surface area (TPSA) is 93.7 Å². The molecular formula is C15H24N2O5. The summed E-state index contributed by atoms with van der Waals surface area (Å²) in [7, 11) is 1.22. The van der Waals surface area contributed by atoms with Crippen molar-refractivity contribution in [3.63, 3.8) is 0 Å². The third-order valence-corrected chi connectivity index (χ3v) is 3.35. The first kappa shape index (κ1) is 18.0. The highest BCUT2D eigenvalue weighted by Crippen LogP contribution is 2.17. The van der Waals surface area contributed by atoms with E-state index in [1.54, 1.807) is 6.92 Å². The minimum atomic E-state index is -0.660. The average molecular weight is 312 g/mol. The average Bonchev–Trinajstić information content (AvgIpc) is 2.51. The quantitative estimate of drug-likeness (QED) is 0.569. The van der Waals surface area contributed by atoms with E-state index in [1.165, 1.54) is 13.5 Å². The van der Waals surface area contributed by atoms with Gasteiger partial charge >= 0.3 is 18.0 Å². The molecule has 1 aliphatic rings. The second kappa shape index (κ2) is 9.81. The molecule has 0 aliphatic heterocycles. The third kappa shape index (κ3) is 7.66. The van der Waals surface area contributed by atoms with Gasteiger partial charge in [-0.25, -0.2) is 14.4 Å². The number of rotatable bonds is 6. The Morgan fingerprint density at radius 1 is 1.14 bits per heavy atom. The van der Waals surface area contributed by atoms with E-state index in [0.29, 0.717) is 0 Å². The number of esters is 2. The van der Waals surface area contributed by atoms with Crippen LogP contribution in [-0.2, 0) is 19.1 Å². The Balaban J connectivity index is 2.20. The summed E-state index contributed by atoms with van der Waals surface area (Å²) in [6.45, 7) is 1.76. The lowest BCUT2D eigenvalue weighted by molar-refractivity contribution is -0.139. The van der Waals surface area contributed by atoms with Gasteiger partial charge in [-0.05, 0) is 19.8 Å². The van der Waals surface area contributed by atoms with Gasteiger partial charge in [-0.1, -0.05) is 19.3 Å². The van der Waals surface area contributed by atoms with Crippen LogP contribution in [0.5, 0.6) is 0 Å². The molecule has 0 saturated heterocycles. The number of amides is 2. The number of hydrogen-bond acceptors (Lipinski definition) is 5. The molecule has 0 aromatic carbocycles. The van der Waals surface area contributed by atoms with E-state index >= 15 is 0 Å². The number of urea groups is 1. The van der Waals surface area contributed by atoms with Gasteiger partial charge in [-0.3, -0.25) is 0 Å². The van der Waals surface area contributed by atoms with Crippen LogP contribution in [0.15, 0.2) is 12.2 Å². The van der Waals surface area contributed by atoms with Crippen LogP contribution in [0, 0.1) is 0 Å². The Labute approximate surface area is 130 Å². The predicted octanol–water partition coefficient (Wildman–Crippen LogP) is 1.28. The van der Waals surface area contributed by atoms with Crippen molar-refractivity contribution in [1.82, 2.24) is 10.6 Å². The number of nitrogens with one attached hydrogen (secondary N) is 2. The molecule has 1 rings (SSSR count). The molecule has 7 nitrogen and oxygen atoms in total. The fourth-order valence-electron chi connectivity index (χ4n) is 2.20. The highest BCUT2D eigenvalue weighted by atomic mass is 16.5. The third-order valence-electron chi connectivity index (χ3n) is 3.35. The van der Waals surface area contributed by atoms with Crippen molar-refractivity contribution >= 4 is 18.0 Å². The molecule has 0 aromatic heterocycles. The Kier molecular flexibility index (Phi) is 8.03.